The maximum Gasteiger partial charge on any atom is 0.236 e. The summed E-state index contributed by atoms with van der Waals surface area (Å²) >= 11 is 0. The minimum absolute atomic E-state index is 0.0545. The highest BCUT2D eigenvalue weighted by atomic mass is 16.5. The molecule has 0 atom stereocenters. The van der Waals surface area contributed by atoms with Gasteiger partial charge in [-0.3, -0.25) is 9.69 Å². The van der Waals surface area contributed by atoms with Crippen molar-refractivity contribution in [1.82, 2.24) is 15.1 Å². The number of hydrogen-bond acceptors (Lipinski definition) is 7. The predicted octanol–water partition coefficient (Wildman–Crippen LogP) is 1.79. The van der Waals surface area contributed by atoms with E-state index in [2.05, 4.69) is 10.2 Å². The van der Waals surface area contributed by atoms with Crippen LogP contribution in [0.2, 0.25) is 0 Å². The molecule has 0 saturated carbocycles. The summed E-state index contributed by atoms with van der Waals surface area (Å²) in [5.41, 5.74) is 1.08. The van der Waals surface area contributed by atoms with Gasteiger partial charge in [-0.1, -0.05) is 6.07 Å². The Kier molecular flexibility index (Phi) is 9.20. The van der Waals surface area contributed by atoms with E-state index in [4.69, 9.17) is 18.6 Å². The molecular weight excluding hydrogens is 398 g/mol. The first-order valence-electron chi connectivity index (χ1n) is 10.7. The van der Waals surface area contributed by atoms with Gasteiger partial charge < -0.3 is 28.8 Å². The van der Waals surface area contributed by atoms with Gasteiger partial charge in [0.2, 0.25) is 5.91 Å². The van der Waals surface area contributed by atoms with Gasteiger partial charge in [-0.15, -0.1) is 0 Å². The Morgan fingerprint density at radius 1 is 1.16 bits per heavy atom. The van der Waals surface area contributed by atoms with Crippen molar-refractivity contribution in [2.45, 2.75) is 13.0 Å². The molecule has 170 valence electrons. The predicted molar refractivity (Wildman–Crippen MR) is 118 cm³/mol. The van der Waals surface area contributed by atoms with Gasteiger partial charge in [-0.05, 0) is 36.2 Å². The van der Waals surface area contributed by atoms with Gasteiger partial charge in [-0.25, -0.2) is 0 Å². The van der Waals surface area contributed by atoms with Crippen LogP contribution in [0, 0.1) is 0 Å². The number of nitrogens with one attached hydrogen (secondary N) is 1. The summed E-state index contributed by atoms with van der Waals surface area (Å²) in [6.07, 6.45) is 2.34. The number of furan rings is 1. The number of ether oxygens (including phenoxy) is 3. The first-order chi connectivity index (χ1) is 15.2. The van der Waals surface area contributed by atoms with E-state index in [0.717, 1.165) is 50.7 Å². The quantitative estimate of drug-likeness (QED) is 0.514. The maximum atomic E-state index is 12.9. The van der Waals surface area contributed by atoms with Gasteiger partial charge in [0.05, 0.1) is 46.8 Å². The van der Waals surface area contributed by atoms with E-state index in [0.29, 0.717) is 37.6 Å². The lowest BCUT2D eigenvalue weighted by Crippen LogP contribution is -2.43. The highest BCUT2D eigenvalue weighted by molar-refractivity contribution is 5.78. The molecule has 0 bridgehead atoms. The summed E-state index contributed by atoms with van der Waals surface area (Å²) in [7, 11) is 3.24. The molecule has 0 radical (unpaired) electrons. The molecule has 1 saturated heterocycles. The van der Waals surface area contributed by atoms with Crippen molar-refractivity contribution in [3.05, 3.63) is 47.9 Å². The van der Waals surface area contributed by atoms with Crippen LogP contribution in [-0.4, -0.2) is 82.4 Å². The monoisotopic (exact) mass is 431 g/mol. The second-order valence-electron chi connectivity index (χ2n) is 7.46. The molecule has 31 heavy (non-hydrogen) atoms. The second kappa shape index (κ2) is 12.3. The molecule has 1 N–H and O–H groups in total. The van der Waals surface area contributed by atoms with Crippen molar-refractivity contribution in [3.8, 4) is 11.5 Å². The Morgan fingerprint density at radius 2 is 1.97 bits per heavy atom. The Bertz CT molecular complexity index is 791. The lowest BCUT2D eigenvalue weighted by atomic mass is 10.1. The zero-order valence-corrected chi connectivity index (χ0v) is 18.5. The summed E-state index contributed by atoms with van der Waals surface area (Å²) in [5, 5.41) is 3.28. The Balaban J connectivity index is 1.52. The van der Waals surface area contributed by atoms with Crippen molar-refractivity contribution in [1.29, 1.82) is 0 Å². The zero-order chi connectivity index (χ0) is 21.9. The number of methoxy groups -OCH3 is 2. The van der Waals surface area contributed by atoms with E-state index in [1.165, 1.54) is 0 Å². The number of morpholine rings is 1. The third-order valence-corrected chi connectivity index (χ3v) is 5.38. The number of hydrogen-bond donors (Lipinski definition) is 1. The molecular formula is C23H33N3O5. The minimum atomic E-state index is 0.0545. The van der Waals surface area contributed by atoms with Crippen LogP contribution in [0.25, 0.3) is 0 Å². The number of nitrogens with zero attached hydrogens (tertiary/aromatic N) is 2. The van der Waals surface area contributed by atoms with Gasteiger partial charge in [0.25, 0.3) is 0 Å². The Labute approximate surface area is 184 Å². The fourth-order valence-electron chi connectivity index (χ4n) is 3.55. The van der Waals surface area contributed by atoms with Crippen molar-refractivity contribution in [3.63, 3.8) is 0 Å². The first-order valence-corrected chi connectivity index (χ1v) is 10.7. The number of benzene rings is 1. The topological polar surface area (TPSA) is 76.4 Å². The Hall–Kier alpha value is -2.55. The molecule has 1 aliphatic heterocycles. The maximum absolute atomic E-state index is 12.9. The molecule has 3 rings (SSSR count). The average molecular weight is 432 g/mol. The third-order valence-electron chi connectivity index (χ3n) is 5.38. The van der Waals surface area contributed by atoms with Gasteiger partial charge in [0.15, 0.2) is 11.5 Å². The smallest absolute Gasteiger partial charge is 0.236 e. The largest absolute Gasteiger partial charge is 0.493 e. The van der Waals surface area contributed by atoms with E-state index in [1.54, 1.807) is 20.5 Å². The summed E-state index contributed by atoms with van der Waals surface area (Å²) in [6, 6.07) is 9.57. The van der Waals surface area contributed by atoms with E-state index in [9.17, 15) is 4.79 Å². The summed E-state index contributed by atoms with van der Waals surface area (Å²) in [4.78, 5) is 17.1. The molecule has 1 aliphatic rings. The minimum Gasteiger partial charge on any atom is -0.493 e. The van der Waals surface area contributed by atoms with E-state index >= 15 is 0 Å². The highest BCUT2D eigenvalue weighted by Gasteiger charge is 2.16. The molecule has 2 heterocycles. The highest BCUT2D eigenvalue weighted by Crippen LogP contribution is 2.27. The van der Waals surface area contributed by atoms with Crippen LogP contribution in [0.15, 0.2) is 41.0 Å². The molecule has 1 aromatic carbocycles. The number of carbonyl (C=O) groups is 1. The van der Waals surface area contributed by atoms with E-state index in [-0.39, 0.29) is 5.91 Å². The van der Waals surface area contributed by atoms with Crippen molar-refractivity contribution in [2.75, 3.05) is 66.7 Å². The zero-order valence-electron chi connectivity index (χ0n) is 18.5. The number of amides is 1. The van der Waals surface area contributed by atoms with Crippen LogP contribution in [0.1, 0.15) is 11.3 Å². The molecule has 8 heteroatoms. The van der Waals surface area contributed by atoms with Crippen LogP contribution < -0.4 is 14.8 Å². The molecule has 0 aliphatic carbocycles. The van der Waals surface area contributed by atoms with Gasteiger partial charge in [0.1, 0.15) is 5.76 Å². The van der Waals surface area contributed by atoms with Crippen molar-refractivity contribution in [2.24, 2.45) is 0 Å². The van der Waals surface area contributed by atoms with E-state index < -0.39 is 0 Å². The molecule has 0 spiro atoms. The number of rotatable bonds is 12. The molecule has 1 amide bonds. The van der Waals surface area contributed by atoms with Crippen LogP contribution in [-0.2, 0) is 22.5 Å². The SMILES string of the molecule is COc1ccc(CCN(Cc2ccco2)C(=O)CNCCN2CCOCC2)cc1OC. The summed E-state index contributed by atoms with van der Waals surface area (Å²) in [5.74, 6) is 2.21. The third kappa shape index (κ3) is 7.27. The van der Waals surface area contributed by atoms with Crippen molar-refractivity contribution < 1.29 is 23.4 Å². The van der Waals surface area contributed by atoms with Crippen LogP contribution in [0.5, 0.6) is 11.5 Å². The van der Waals surface area contributed by atoms with Gasteiger partial charge in [-0.2, -0.15) is 0 Å². The normalized spacial score (nSPS) is 14.4. The fraction of sp³-hybridized carbons (Fsp3) is 0.522. The summed E-state index contributed by atoms with van der Waals surface area (Å²) in [6.45, 7) is 6.49. The lowest BCUT2D eigenvalue weighted by Gasteiger charge is -2.27. The van der Waals surface area contributed by atoms with Crippen molar-refractivity contribution >= 4 is 5.91 Å². The molecule has 1 aromatic heterocycles. The first kappa shape index (κ1) is 23.1. The molecule has 2 aromatic rings. The average Bonchev–Trinajstić information content (AvgIpc) is 3.33. The van der Waals surface area contributed by atoms with Gasteiger partial charge in [0, 0.05) is 32.7 Å². The van der Waals surface area contributed by atoms with E-state index in [1.807, 2.05) is 35.2 Å². The standard InChI is InChI=1S/C23H33N3O5/c1-28-21-6-5-19(16-22(21)29-2)7-9-26(18-20-4-3-13-31-20)23(27)17-24-8-10-25-11-14-30-15-12-25/h3-6,13,16,24H,7-12,14-15,17-18H2,1-2H3. The second-order valence-corrected chi connectivity index (χ2v) is 7.46. The molecule has 1 fully saturated rings. The van der Waals surface area contributed by atoms with Crippen LogP contribution in [0.3, 0.4) is 0 Å². The Morgan fingerprint density at radius 3 is 2.68 bits per heavy atom. The van der Waals surface area contributed by atoms with Crippen LogP contribution >= 0.6 is 0 Å². The fourth-order valence-corrected chi connectivity index (χ4v) is 3.55. The van der Waals surface area contributed by atoms with Gasteiger partial charge >= 0.3 is 0 Å². The summed E-state index contributed by atoms with van der Waals surface area (Å²) < 4.78 is 21.5. The lowest BCUT2D eigenvalue weighted by molar-refractivity contribution is -0.131. The van der Waals surface area contributed by atoms with Crippen LogP contribution in [0.4, 0.5) is 0 Å². The molecule has 8 nitrogen and oxygen atoms in total. The molecule has 0 unspecified atom stereocenters. The number of carbonyl (C=O) groups excluding carboxylic acids is 1.